The first-order valence-corrected chi connectivity index (χ1v) is 8.53. The molecule has 0 aliphatic heterocycles. The molecular weight excluding hydrogens is 306 g/mol. The van der Waals surface area contributed by atoms with Crippen molar-refractivity contribution in [1.82, 2.24) is 25.2 Å². The van der Waals surface area contributed by atoms with Gasteiger partial charge in [-0.25, -0.2) is 0 Å². The number of carbonyl (C=O) groups is 2. The molecule has 24 heavy (non-hydrogen) atoms. The molecule has 1 saturated carbocycles. The standard InChI is InChI=1S/C17H29N5O2/c1-16(2)13(14(23)21(4)5)7-8-17(16,3)15(24)18-9-6-11-22-12-10-19-20-22/h10,12-13H,6-9,11H2,1-5H3,(H,18,24)/t13?,17-/m1/s1. The maximum absolute atomic E-state index is 12.8. The Morgan fingerprint density at radius 1 is 1.33 bits per heavy atom. The molecular formula is C17H29N5O2. The first-order valence-electron chi connectivity index (χ1n) is 8.53. The van der Waals surface area contributed by atoms with Crippen LogP contribution in [0.3, 0.4) is 0 Å². The summed E-state index contributed by atoms with van der Waals surface area (Å²) >= 11 is 0. The third kappa shape index (κ3) is 3.30. The fraction of sp³-hybridized carbons (Fsp3) is 0.765. The number of amides is 2. The van der Waals surface area contributed by atoms with Crippen molar-refractivity contribution >= 4 is 11.8 Å². The molecule has 0 saturated heterocycles. The van der Waals surface area contributed by atoms with E-state index in [9.17, 15) is 9.59 Å². The molecule has 0 aromatic carbocycles. The van der Waals surface area contributed by atoms with E-state index in [0.29, 0.717) is 6.54 Å². The lowest BCUT2D eigenvalue weighted by molar-refractivity contribution is -0.142. The van der Waals surface area contributed by atoms with Gasteiger partial charge in [-0.05, 0) is 24.7 Å². The summed E-state index contributed by atoms with van der Waals surface area (Å²) in [4.78, 5) is 26.9. The number of nitrogens with one attached hydrogen (secondary N) is 1. The molecule has 0 bridgehead atoms. The predicted octanol–water partition coefficient (Wildman–Crippen LogP) is 1.32. The third-order valence-corrected chi connectivity index (χ3v) is 5.79. The van der Waals surface area contributed by atoms with E-state index in [0.717, 1.165) is 25.8 Å². The minimum atomic E-state index is -0.531. The maximum atomic E-state index is 12.8. The summed E-state index contributed by atoms with van der Waals surface area (Å²) in [5.74, 6) is 0.0428. The average Bonchev–Trinajstić information content (AvgIpc) is 3.11. The Labute approximate surface area is 143 Å². The Balaban J connectivity index is 1.94. The fourth-order valence-electron chi connectivity index (χ4n) is 3.64. The summed E-state index contributed by atoms with van der Waals surface area (Å²) < 4.78 is 1.75. The van der Waals surface area contributed by atoms with Crippen LogP contribution in [0.15, 0.2) is 12.4 Å². The largest absolute Gasteiger partial charge is 0.356 e. The van der Waals surface area contributed by atoms with Crippen LogP contribution in [0, 0.1) is 16.7 Å². The van der Waals surface area contributed by atoms with Gasteiger partial charge >= 0.3 is 0 Å². The molecule has 7 nitrogen and oxygen atoms in total. The Morgan fingerprint density at radius 2 is 2.04 bits per heavy atom. The molecule has 1 heterocycles. The Kier molecular flexibility index (Phi) is 5.30. The van der Waals surface area contributed by atoms with Gasteiger partial charge in [0.1, 0.15) is 0 Å². The molecule has 134 valence electrons. The van der Waals surface area contributed by atoms with Crippen molar-refractivity contribution in [2.24, 2.45) is 16.7 Å². The second-order valence-corrected chi connectivity index (χ2v) is 7.65. The molecule has 1 fully saturated rings. The van der Waals surface area contributed by atoms with Crippen LogP contribution in [0.4, 0.5) is 0 Å². The number of nitrogens with zero attached hydrogens (tertiary/aromatic N) is 4. The van der Waals surface area contributed by atoms with Gasteiger partial charge in [0, 0.05) is 39.3 Å². The Hall–Kier alpha value is -1.92. The van der Waals surface area contributed by atoms with Crippen molar-refractivity contribution in [2.75, 3.05) is 20.6 Å². The number of aryl methyl sites for hydroxylation is 1. The van der Waals surface area contributed by atoms with Gasteiger partial charge in [0.25, 0.3) is 0 Å². The number of hydrogen-bond acceptors (Lipinski definition) is 4. The molecule has 1 aromatic heterocycles. The zero-order valence-corrected chi connectivity index (χ0v) is 15.4. The van der Waals surface area contributed by atoms with Gasteiger partial charge in [-0.2, -0.15) is 0 Å². The van der Waals surface area contributed by atoms with Crippen LogP contribution < -0.4 is 5.32 Å². The van der Waals surface area contributed by atoms with Gasteiger partial charge in [-0.15, -0.1) is 5.10 Å². The van der Waals surface area contributed by atoms with Crippen molar-refractivity contribution < 1.29 is 9.59 Å². The topological polar surface area (TPSA) is 80.1 Å². The highest BCUT2D eigenvalue weighted by Gasteiger charge is 2.58. The zero-order valence-electron chi connectivity index (χ0n) is 15.4. The summed E-state index contributed by atoms with van der Waals surface area (Å²) in [7, 11) is 3.55. The monoisotopic (exact) mass is 335 g/mol. The molecule has 1 aromatic rings. The smallest absolute Gasteiger partial charge is 0.226 e. The van der Waals surface area contributed by atoms with Crippen LogP contribution >= 0.6 is 0 Å². The predicted molar refractivity (Wildman–Crippen MR) is 91.0 cm³/mol. The highest BCUT2D eigenvalue weighted by Crippen LogP contribution is 2.56. The van der Waals surface area contributed by atoms with E-state index in [1.807, 2.05) is 20.8 Å². The number of aromatic nitrogens is 3. The quantitative estimate of drug-likeness (QED) is 0.795. The molecule has 1 N–H and O–H groups in total. The van der Waals surface area contributed by atoms with Gasteiger partial charge in [0.2, 0.25) is 11.8 Å². The summed E-state index contributed by atoms with van der Waals surface area (Å²) in [6.45, 7) is 7.39. The molecule has 0 radical (unpaired) electrons. The van der Waals surface area contributed by atoms with E-state index in [1.165, 1.54) is 0 Å². The van der Waals surface area contributed by atoms with Gasteiger partial charge in [-0.3, -0.25) is 14.3 Å². The van der Waals surface area contributed by atoms with Crippen LogP contribution in [0.1, 0.15) is 40.0 Å². The fourth-order valence-corrected chi connectivity index (χ4v) is 3.64. The van der Waals surface area contributed by atoms with Crippen LogP contribution in [-0.2, 0) is 16.1 Å². The van der Waals surface area contributed by atoms with Crippen molar-refractivity contribution in [1.29, 1.82) is 0 Å². The molecule has 0 spiro atoms. The van der Waals surface area contributed by atoms with E-state index in [4.69, 9.17) is 0 Å². The summed E-state index contributed by atoms with van der Waals surface area (Å²) in [5.41, 5.74) is -0.902. The molecule has 1 unspecified atom stereocenters. The minimum absolute atomic E-state index is 0.0418. The highest BCUT2D eigenvalue weighted by molar-refractivity contribution is 5.87. The van der Waals surface area contributed by atoms with E-state index in [1.54, 1.807) is 36.1 Å². The van der Waals surface area contributed by atoms with Crippen LogP contribution in [-0.4, -0.2) is 52.3 Å². The van der Waals surface area contributed by atoms with Crippen molar-refractivity contribution in [3.8, 4) is 0 Å². The Bertz CT molecular complexity index is 582. The van der Waals surface area contributed by atoms with Crippen LogP contribution in [0.5, 0.6) is 0 Å². The second kappa shape index (κ2) is 6.91. The summed E-state index contributed by atoms with van der Waals surface area (Å²) in [6.07, 6.45) is 5.74. The minimum Gasteiger partial charge on any atom is -0.356 e. The first kappa shape index (κ1) is 18.4. The third-order valence-electron chi connectivity index (χ3n) is 5.79. The molecule has 1 aliphatic rings. The molecule has 2 atom stereocenters. The second-order valence-electron chi connectivity index (χ2n) is 7.65. The van der Waals surface area contributed by atoms with Crippen LogP contribution in [0.25, 0.3) is 0 Å². The number of hydrogen-bond donors (Lipinski definition) is 1. The average molecular weight is 335 g/mol. The van der Waals surface area contributed by atoms with E-state index in [-0.39, 0.29) is 23.1 Å². The molecule has 2 rings (SSSR count). The van der Waals surface area contributed by atoms with Crippen LogP contribution in [0.2, 0.25) is 0 Å². The summed E-state index contributed by atoms with van der Waals surface area (Å²) in [5, 5.41) is 10.7. The lowest BCUT2D eigenvalue weighted by Gasteiger charge is -2.40. The lowest BCUT2D eigenvalue weighted by atomic mass is 9.65. The number of carbonyl (C=O) groups excluding carboxylic acids is 2. The van der Waals surface area contributed by atoms with Gasteiger partial charge in [0.05, 0.1) is 11.6 Å². The summed E-state index contributed by atoms with van der Waals surface area (Å²) in [6, 6.07) is 0. The first-order chi connectivity index (χ1) is 11.2. The highest BCUT2D eigenvalue weighted by atomic mass is 16.2. The zero-order chi connectivity index (χ0) is 18.0. The van der Waals surface area contributed by atoms with Gasteiger partial charge in [-0.1, -0.05) is 26.0 Å². The van der Waals surface area contributed by atoms with E-state index < -0.39 is 5.41 Å². The van der Waals surface area contributed by atoms with Crippen molar-refractivity contribution in [3.05, 3.63) is 12.4 Å². The normalized spacial score (nSPS) is 25.5. The molecule has 7 heteroatoms. The molecule has 2 amide bonds. The van der Waals surface area contributed by atoms with Crippen molar-refractivity contribution in [2.45, 2.75) is 46.6 Å². The lowest BCUT2D eigenvalue weighted by Crippen LogP contribution is -2.49. The number of rotatable bonds is 6. The van der Waals surface area contributed by atoms with E-state index >= 15 is 0 Å². The van der Waals surface area contributed by atoms with Crippen molar-refractivity contribution in [3.63, 3.8) is 0 Å². The Morgan fingerprint density at radius 3 is 2.62 bits per heavy atom. The van der Waals surface area contributed by atoms with Gasteiger partial charge in [0.15, 0.2) is 0 Å². The maximum Gasteiger partial charge on any atom is 0.226 e. The molecule has 1 aliphatic carbocycles. The van der Waals surface area contributed by atoms with E-state index in [2.05, 4.69) is 15.6 Å². The SMILES string of the molecule is CN(C)C(=O)C1CC[C@](C)(C(=O)NCCCn2ccnn2)C1(C)C. The van der Waals surface area contributed by atoms with Gasteiger partial charge < -0.3 is 10.2 Å².